The number of rotatable bonds is 27. The molecule has 0 rings (SSSR count). The third-order valence-electron chi connectivity index (χ3n) is 8.76. The molecule has 0 aliphatic rings. The standard InChI is InChI=1S/C16H28O5.C12H22O4.C11H21O6P3/c1-5-20-14(18)12-13(17)10-8-7-9-11-16(3,4)15(19)21-6-2;1-4-16-11(15)12(2,3)9-7-5-6-8-10(13)14;1-11(2,10(14)17-20)6-4-3-5-7(8(12)15-18)9(13)16-19/h5-12H2,1-4H3;4-9H2,1-3H3,(H,13,14);7H,3-6,18-20H2,1-2H3. The van der Waals surface area contributed by atoms with Crippen molar-refractivity contribution in [1.82, 2.24) is 0 Å². The molecule has 18 heteroatoms. The fourth-order valence-electron chi connectivity index (χ4n) is 5.08. The third-order valence-corrected chi connectivity index (χ3v) is 9.44. The fourth-order valence-corrected chi connectivity index (χ4v) is 5.73. The molecular formula is C39H71O15P3. The molecule has 0 saturated carbocycles. The number of unbranched alkanes of at least 4 members (excludes halogenated alkanes) is 5. The quantitative estimate of drug-likeness (QED) is 0.0274. The summed E-state index contributed by atoms with van der Waals surface area (Å²) in [5.41, 5.74) is -1.54. The molecular weight excluding hydrogens is 801 g/mol. The van der Waals surface area contributed by atoms with Crippen LogP contribution in [0.4, 0.5) is 0 Å². The molecule has 0 bridgehead atoms. The Morgan fingerprint density at radius 1 is 0.509 bits per heavy atom. The van der Waals surface area contributed by atoms with E-state index in [1.54, 1.807) is 34.6 Å². The maximum Gasteiger partial charge on any atom is 0.322 e. The summed E-state index contributed by atoms with van der Waals surface area (Å²) in [5.74, 6) is -4.20. The molecule has 0 saturated heterocycles. The van der Waals surface area contributed by atoms with E-state index in [-0.39, 0.29) is 36.5 Å². The lowest BCUT2D eigenvalue weighted by Crippen LogP contribution is -2.26. The summed E-state index contributed by atoms with van der Waals surface area (Å²) in [7, 11) is 5.57. The van der Waals surface area contributed by atoms with Gasteiger partial charge >= 0.3 is 41.8 Å². The smallest absolute Gasteiger partial charge is 0.322 e. The van der Waals surface area contributed by atoms with Gasteiger partial charge in [-0.3, -0.25) is 38.4 Å². The molecule has 1 N–H and O–H groups in total. The molecule has 0 aromatic rings. The molecule has 0 aromatic heterocycles. The van der Waals surface area contributed by atoms with Crippen LogP contribution >= 0.6 is 28.4 Å². The van der Waals surface area contributed by atoms with Crippen LogP contribution in [0.2, 0.25) is 0 Å². The monoisotopic (exact) mass is 872 g/mol. The number of hydrogen-bond acceptors (Lipinski definition) is 14. The minimum atomic E-state index is -0.943. The predicted molar refractivity (Wildman–Crippen MR) is 224 cm³/mol. The van der Waals surface area contributed by atoms with E-state index >= 15 is 0 Å². The van der Waals surface area contributed by atoms with Crippen LogP contribution in [0.25, 0.3) is 0 Å². The molecule has 0 aliphatic carbocycles. The van der Waals surface area contributed by atoms with Crippen molar-refractivity contribution in [2.45, 2.75) is 159 Å². The van der Waals surface area contributed by atoms with Crippen molar-refractivity contribution in [2.75, 3.05) is 19.8 Å². The van der Waals surface area contributed by atoms with Crippen LogP contribution in [0.5, 0.6) is 0 Å². The highest BCUT2D eigenvalue weighted by atomic mass is 31.0. The first-order chi connectivity index (χ1) is 26.5. The molecule has 0 fully saturated rings. The molecule has 3 unspecified atom stereocenters. The van der Waals surface area contributed by atoms with Crippen molar-refractivity contribution in [1.29, 1.82) is 0 Å². The number of ketones is 1. The minimum Gasteiger partial charge on any atom is -0.481 e. The van der Waals surface area contributed by atoms with Crippen molar-refractivity contribution in [3.63, 3.8) is 0 Å². The average Bonchev–Trinajstić information content (AvgIpc) is 3.14. The van der Waals surface area contributed by atoms with Gasteiger partial charge < -0.3 is 32.9 Å². The molecule has 0 heterocycles. The van der Waals surface area contributed by atoms with Gasteiger partial charge in [0.15, 0.2) is 5.92 Å². The Balaban J connectivity index is -0.000000775. The zero-order chi connectivity index (χ0) is 44.7. The van der Waals surface area contributed by atoms with Gasteiger partial charge in [-0.1, -0.05) is 38.5 Å². The highest BCUT2D eigenvalue weighted by molar-refractivity contribution is 7.11. The molecule has 0 aliphatic heterocycles. The maximum atomic E-state index is 11.7. The Morgan fingerprint density at radius 2 is 0.895 bits per heavy atom. The van der Waals surface area contributed by atoms with E-state index in [2.05, 4.69) is 13.6 Å². The highest BCUT2D eigenvalue weighted by Crippen LogP contribution is 2.28. The first-order valence-electron chi connectivity index (χ1n) is 19.5. The molecule has 0 amide bonds. The van der Waals surface area contributed by atoms with E-state index in [0.717, 1.165) is 44.9 Å². The third kappa shape index (κ3) is 30.0. The lowest BCUT2D eigenvalue weighted by Gasteiger charge is -2.21. The van der Waals surface area contributed by atoms with E-state index < -0.39 is 46.0 Å². The normalized spacial score (nSPS) is 11.1. The number of aliphatic carboxylic acids is 1. The van der Waals surface area contributed by atoms with Crippen molar-refractivity contribution in [2.24, 2.45) is 22.2 Å². The van der Waals surface area contributed by atoms with Gasteiger partial charge in [0.05, 0.1) is 64.5 Å². The first-order valence-corrected chi connectivity index (χ1v) is 20.9. The van der Waals surface area contributed by atoms with Gasteiger partial charge in [0, 0.05) is 12.8 Å². The molecule has 0 radical (unpaired) electrons. The Hall–Kier alpha value is -2.75. The van der Waals surface area contributed by atoms with E-state index in [1.165, 1.54) is 0 Å². The Labute approximate surface area is 347 Å². The maximum absolute atomic E-state index is 11.7. The van der Waals surface area contributed by atoms with Crippen molar-refractivity contribution >= 4 is 76.0 Å². The number of carbonyl (C=O) groups excluding carboxylic acids is 7. The SMILES string of the molecule is CC(C)(CCCCC(C(=O)OP)C(=O)OP)C(=O)OP.CCOC(=O)C(C)(C)CCCCCC(=O)O.CCOC(=O)CC(=O)CCCCCC(C)(C)C(=O)OCC. The molecule has 15 nitrogen and oxygen atoms in total. The number of Topliss-reactive ketones (excluding diaryl/α,β-unsaturated/α-hetero) is 1. The van der Waals surface area contributed by atoms with Crippen LogP contribution in [0.1, 0.15) is 159 Å². The van der Waals surface area contributed by atoms with Crippen LogP contribution in [0, 0.1) is 22.2 Å². The predicted octanol–water partition coefficient (Wildman–Crippen LogP) is 7.85. The van der Waals surface area contributed by atoms with Gasteiger partial charge in [-0.25, -0.2) is 0 Å². The largest absolute Gasteiger partial charge is 0.481 e. The van der Waals surface area contributed by atoms with Gasteiger partial charge in [-0.05, 0) is 101 Å². The number of ether oxygens (including phenoxy) is 3. The Kier molecular flexibility index (Phi) is 34.0. The van der Waals surface area contributed by atoms with Crippen molar-refractivity contribution < 1.29 is 71.2 Å². The number of carboxylic acid groups (broad SMARTS) is 1. The van der Waals surface area contributed by atoms with Gasteiger partial charge in [0.2, 0.25) is 0 Å². The molecule has 332 valence electrons. The lowest BCUT2D eigenvalue weighted by molar-refractivity contribution is -0.154. The van der Waals surface area contributed by atoms with Crippen molar-refractivity contribution in [3.05, 3.63) is 0 Å². The zero-order valence-corrected chi connectivity index (χ0v) is 39.2. The summed E-state index contributed by atoms with van der Waals surface area (Å²) in [6.07, 6.45) is 8.94. The summed E-state index contributed by atoms with van der Waals surface area (Å²) in [6.45, 7) is 17.4. The van der Waals surface area contributed by atoms with E-state index in [1.807, 2.05) is 56.1 Å². The van der Waals surface area contributed by atoms with Gasteiger partial charge in [-0.15, -0.1) is 0 Å². The second kappa shape index (κ2) is 33.1. The van der Waals surface area contributed by atoms with Gasteiger partial charge in [-0.2, -0.15) is 0 Å². The van der Waals surface area contributed by atoms with Crippen LogP contribution in [-0.2, 0) is 66.1 Å². The van der Waals surface area contributed by atoms with Crippen LogP contribution < -0.4 is 0 Å². The molecule has 3 atom stereocenters. The number of hydrogen-bond donors (Lipinski definition) is 1. The summed E-state index contributed by atoms with van der Waals surface area (Å²) in [5, 5.41) is 8.46. The summed E-state index contributed by atoms with van der Waals surface area (Å²) >= 11 is 0. The van der Waals surface area contributed by atoms with Crippen molar-refractivity contribution in [3.8, 4) is 0 Å². The molecule has 0 aromatic carbocycles. The highest BCUT2D eigenvalue weighted by Gasteiger charge is 2.31. The van der Waals surface area contributed by atoms with E-state index in [9.17, 15) is 38.4 Å². The summed E-state index contributed by atoms with van der Waals surface area (Å²) in [4.78, 5) is 90.4. The summed E-state index contributed by atoms with van der Waals surface area (Å²) in [6, 6.07) is 0. The number of esters is 3. The van der Waals surface area contributed by atoms with Crippen LogP contribution in [0.15, 0.2) is 0 Å². The van der Waals surface area contributed by atoms with Gasteiger partial charge in [0.25, 0.3) is 0 Å². The summed E-state index contributed by atoms with van der Waals surface area (Å²) < 4.78 is 28.3. The fraction of sp³-hybridized carbons (Fsp3) is 0.795. The lowest BCUT2D eigenvalue weighted by atomic mass is 9.86. The van der Waals surface area contributed by atoms with Crippen LogP contribution in [-0.4, -0.2) is 72.5 Å². The van der Waals surface area contributed by atoms with Gasteiger partial charge in [0.1, 0.15) is 12.2 Å². The van der Waals surface area contributed by atoms with E-state index in [4.69, 9.17) is 19.3 Å². The van der Waals surface area contributed by atoms with E-state index in [0.29, 0.717) is 58.3 Å². The number of carbonyl (C=O) groups is 8. The Morgan fingerprint density at radius 3 is 1.26 bits per heavy atom. The van der Waals surface area contributed by atoms with Crippen LogP contribution in [0.3, 0.4) is 0 Å². The minimum absolute atomic E-state index is 0.0851. The molecule has 0 spiro atoms. The number of carboxylic acids is 1. The topological polar surface area (TPSA) is 212 Å². The second-order valence-corrected chi connectivity index (χ2v) is 15.9. The average molecular weight is 873 g/mol. The first kappa shape index (κ1) is 58.6. The Bertz CT molecular complexity index is 1220. The zero-order valence-electron chi connectivity index (χ0n) is 35.7. The second-order valence-electron chi connectivity index (χ2n) is 15.2. The molecule has 57 heavy (non-hydrogen) atoms.